The third kappa shape index (κ3) is 16.5. The molecule has 0 spiro atoms. The Bertz CT molecular complexity index is 584. The van der Waals surface area contributed by atoms with Gasteiger partial charge in [0.15, 0.2) is 0 Å². The van der Waals surface area contributed by atoms with Crippen LogP contribution in [0.2, 0.25) is 0 Å². The van der Waals surface area contributed by atoms with Crippen LogP contribution in [0.25, 0.3) is 0 Å². The lowest BCUT2D eigenvalue weighted by molar-refractivity contribution is -0.0165. The molecule has 0 aliphatic carbocycles. The van der Waals surface area contributed by atoms with Crippen LogP contribution >= 0.6 is 0 Å². The van der Waals surface area contributed by atoms with E-state index < -0.39 is 5.97 Å². The van der Waals surface area contributed by atoms with Crippen molar-refractivity contribution in [3.63, 3.8) is 0 Å². The van der Waals surface area contributed by atoms with Crippen molar-refractivity contribution in [3.05, 3.63) is 29.8 Å². The molecule has 0 saturated heterocycles. The maximum Gasteiger partial charge on any atom is 0.335 e. The van der Waals surface area contributed by atoms with Gasteiger partial charge in [-0.15, -0.1) is 0 Å². The summed E-state index contributed by atoms with van der Waals surface area (Å²) in [6, 6.07) is 6.77. The van der Waals surface area contributed by atoms with Crippen LogP contribution in [0.3, 0.4) is 0 Å². The molecule has 0 amide bonds. The summed E-state index contributed by atoms with van der Waals surface area (Å²) >= 11 is 0. The third-order valence-corrected chi connectivity index (χ3v) is 4.63. The SMILES string of the molecule is CCCCOCCOCCOCCOCCOCCOCCN(C)c1ccc(C(=O)O)cc1. The molecule has 1 rings (SSSR count). The summed E-state index contributed by atoms with van der Waals surface area (Å²) in [7, 11) is 1.94. The van der Waals surface area contributed by atoms with Crippen molar-refractivity contribution in [2.75, 3.05) is 97.8 Å². The van der Waals surface area contributed by atoms with Crippen molar-refractivity contribution < 1.29 is 38.3 Å². The maximum atomic E-state index is 10.9. The maximum absolute atomic E-state index is 10.9. The van der Waals surface area contributed by atoms with E-state index in [4.69, 9.17) is 33.5 Å². The summed E-state index contributed by atoms with van der Waals surface area (Å²) in [6.07, 6.45) is 2.24. The van der Waals surface area contributed by atoms with Crippen LogP contribution in [-0.2, 0) is 28.4 Å². The molecule has 0 radical (unpaired) electrons. The molecule has 1 aromatic carbocycles. The minimum absolute atomic E-state index is 0.279. The lowest BCUT2D eigenvalue weighted by Gasteiger charge is -2.19. The van der Waals surface area contributed by atoms with Crippen LogP contribution in [0.4, 0.5) is 5.69 Å². The number of carboxylic acid groups (broad SMARTS) is 1. The van der Waals surface area contributed by atoms with E-state index in [1.165, 1.54) is 0 Å². The Morgan fingerprint density at radius 2 is 1.09 bits per heavy atom. The summed E-state index contributed by atoms with van der Waals surface area (Å²) in [5, 5.41) is 8.93. The van der Waals surface area contributed by atoms with Gasteiger partial charge < -0.3 is 38.4 Å². The first-order valence-electron chi connectivity index (χ1n) is 11.7. The Labute approximate surface area is 197 Å². The van der Waals surface area contributed by atoms with E-state index in [2.05, 4.69) is 6.92 Å². The molecular formula is C24H41NO8. The molecule has 0 aromatic heterocycles. The quantitative estimate of drug-likeness (QED) is 0.242. The number of nitrogens with zero attached hydrogens (tertiary/aromatic N) is 1. The molecule has 0 fully saturated rings. The van der Waals surface area contributed by atoms with Crippen LogP contribution in [-0.4, -0.2) is 104 Å². The second-order valence-electron chi connectivity index (χ2n) is 7.30. The molecule has 0 bridgehead atoms. The van der Waals surface area contributed by atoms with Gasteiger partial charge in [0.25, 0.3) is 0 Å². The van der Waals surface area contributed by atoms with Crippen molar-refractivity contribution in [2.45, 2.75) is 19.8 Å². The molecule has 0 aliphatic rings. The first-order valence-corrected chi connectivity index (χ1v) is 11.7. The number of ether oxygens (including phenoxy) is 6. The molecule has 0 aliphatic heterocycles. The summed E-state index contributed by atoms with van der Waals surface area (Å²) in [4.78, 5) is 12.9. The number of carboxylic acids is 1. The van der Waals surface area contributed by atoms with Crippen LogP contribution < -0.4 is 4.90 Å². The normalized spacial score (nSPS) is 11.1. The highest BCUT2D eigenvalue weighted by Gasteiger charge is 2.04. The van der Waals surface area contributed by atoms with Crippen molar-refractivity contribution in [1.29, 1.82) is 0 Å². The molecule has 0 heterocycles. The Kier molecular flexibility index (Phi) is 18.5. The summed E-state index contributed by atoms with van der Waals surface area (Å²) < 4.78 is 32.8. The number of likely N-dealkylation sites (N-methyl/N-ethyl adjacent to an activating group) is 1. The Morgan fingerprint density at radius 1 is 0.697 bits per heavy atom. The minimum Gasteiger partial charge on any atom is -0.478 e. The number of unbranched alkanes of at least 4 members (excludes halogenated alkanes) is 1. The van der Waals surface area contributed by atoms with E-state index >= 15 is 0 Å². The van der Waals surface area contributed by atoms with Gasteiger partial charge >= 0.3 is 5.97 Å². The number of anilines is 1. The highest BCUT2D eigenvalue weighted by molar-refractivity contribution is 5.88. The molecule has 190 valence electrons. The monoisotopic (exact) mass is 471 g/mol. The average molecular weight is 472 g/mol. The smallest absolute Gasteiger partial charge is 0.335 e. The van der Waals surface area contributed by atoms with Gasteiger partial charge in [-0.25, -0.2) is 4.79 Å². The predicted octanol–water partition coefficient (Wildman–Crippen LogP) is 2.72. The van der Waals surface area contributed by atoms with Crippen LogP contribution in [0, 0.1) is 0 Å². The average Bonchev–Trinajstić information content (AvgIpc) is 2.82. The number of carbonyl (C=O) groups is 1. The van der Waals surface area contributed by atoms with E-state index in [1.807, 2.05) is 11.9 Å². The summed E-state index contributed by atoms with van der Waals surface area (Å²) in [6.45, 7) is 9.67. The first kappa shape index (κ1) is 29.3. The molecule has 1 N–H and O–H groups in total. The zero-order valence-corrected chi connectivity index (χ0v) is 20.2. The fourth-order valence-corrected chi connectivity index (χ4v) is 2.64. The number of hydrogen-bond donors (Lipinski definition) is 1. The number of hydrogen-bond acceptors (Lipinski definition) is 8. The fourth-order valence-electron chi connectivity index (χ4n) is 2.64. The molecule has 9 nitrogen and oxygen atoms in total. The van der Waals surface area contributed by atoms with E-state index in [0.717, 1.165) is 25.1 Å². The van der Waals surface area contributed by atoms with Crippen molar-refractivity contribution in [1.82, 2.24) is 0 Å². The van der Waals surface area contributed by atoms with Gasteiger partial charge in [-0.3, -0.25) is 0 Å². The zero-order chi connectivity index (χ0) is 24.0. The van der Waals surface area contributed by atoms with E-state index in [1.54, 1.807) is 24.3 Å². The minimum atomic E-state index is -0.924. The van der Waals surface area contributed by atoms with Crippen molar-refractivity contribution >= 4 is 11.7 Å². The lowest BCUT2D eigenvalue weighted by atomic mass is 10.2. The van der Waals surface area contributed by atoms with Crippen LogP contribution in [0.15, 0.2) is 24.3 Å². The lowest BCUT2D eigenvalue weighted by Crippen LogP contribution is -2.23. The van der Waals surface area contributed by atoms with Gasteiger partial charge in [0, 0.05) is 25.9 Å². The Balaban J connectivity index is 1.79. The van der Waals surface area contributed by atoms with Gasteiger partial charge in [-0.2, -0.15) is 0 Å². The highest BCUT2D eigenvalue weighted by atomic mass is 16.6. The van der Waals surface area contributed by atoms with E-state index in [0.29, 0.717) is 79.2 Å². The molecular weight excluding hydrogens is 430 g/mol. The number of rotatable bonds is 23. The van der Waals surface area contributed by atoms with Gasteiger partial charge in [-0.05, 0) is 30.7 Å². The molecule has 0 atom stereocenters. The zero-order valence-electron chi connectivity index (χ0n) is 20.2. The van der Waals surface area contributed by atoms with Crippen LogP contribution in [0.1, 0.15) is 30.1 Å². The van der Waals surface area contributed by atoms with E-state index in [-0.39, 0.29) is 5.56 Å². The molecule has 33 heavy (non-hydrogen) atoms. The standard InChI is InChI=1S/C24H41NO8/c1-3-4-10-28-12-14-30-16-18-32-20-21-33-19-17-31-15-13-29-11-9-25(2)23-7-5-22(6-8-23)24(26)27/h5-8H,3-4,9-21H2,1-2H3,(H,26,27). The molecule has 1 aromatic rings. The van der Waals surface area contributed by atoms with Crippen molar-refractivity contribution in [3.8, 4) is 0 Å². The molecule has 0 saturated carbocycles. The Morgan fingerprint density at radius 3 is 1.48 bits per heavy atom. The van der Waals surface area contributed by atoms with E-state index in [9.17, 15) is 4.79 Å². The van der Waals surface area contributed by atoms with Gasteiger partial charge in [0.2, 0.25) is 0 Å². The summed E-state index contributed by atoms with van der Waals surface area (Å²) in [5.74, 6) is -0.924. The molecule has 0 unspecified atom stereocenters. The van der Waals surface area contributed by atoms with Gasteiger partial charge in [0.1, 0.15) is 0 Å². The van der Waals surface area contributed by atoms with Gasteiger partial charge in [0.05, 0.1) is 78.2 Å². The largest absolute Gasteiger partial charge is 0.478 e. The Hall–Kier alpha value is -1.75. The number of aromatic carboxylic acids is 1. The third-order valence-electron chi connectivity index (χ3n) is 4.63. The highest BCUT2D eigenvalue weighted by Crippen LogP contribution is 2.13. The predicted molar refractivity (Wildman–Crippen MR) is 126 cm³/mol. The second kappa shape index (κ2) is 20.8. The van der Waals surface area contributed by atoms with Gasteiger partial charge in [-0.1, -0.05) is 13.3 Å². The number of benzene rings is 1. The van der Waals surface area contributed by atoms with Crippen LogP contribution in [0.5, 0.6) is 0 Å². The topological polar surface area (TPSA) is 95.9 Å². The fraction of sp³-hybridized carbons (Fsp3) is 0.708. The second-order valence-corrected chi connectivity index (χ2v) is 7.30. The molecule has 9 heteroatoms. The first-order chi connectivity index (χ1) is 16.1. The summed E-state index contributed by atoms with van der Waals surface area (Å²) in [5.41, 5.74) is 1.22. The van der Waals surface area contributed by atoms with Crippen molar-refractivity contribution in [2.24, 2.45) is 0 Å².